The summed E-state index contributed by atoms with van der Waals surface area (Å²) < 4.78 is 20.3. The zero-order valence-electron chi connectivity index (χ0n) is 14.8. The number of hydrogen-bond acceptors (Lipinski definition) is 5. The first-order valence-electron chi connectivity index (χ1n) is 8.91. The Balaban J connectivity index is 1.56. The number of hydrazine groups is 1. The quantitative estimate of drug-likeness (QED) is 0.763. The Kier molecular flexibility index (Phi) is 5.71. The van der Waals surface area contributed by atoms with E-state index in [1.165, 1.54) is 0 Å². The van der Waals surface area contributed by atoms with Crippen LogP contribution in [0.15, 0.2) is 18.2 Å². The monoisotopic (exact) mass is 336 g/mol. The minimum Gasteiger partial charge on any atom is -0.372 e. The van der Waals surface area contributed by atoms with Crippen LogP contribution in [0.5, 0.6) is 0 Å². The van der Waals surface area contributed by atoms with Gasteiger partial charge in [0.25, 0.3) is 0 Å². The van der Waals surface area contributed by atoms with Gasteiger partial charge in [0.05, 0.1) is 17.9 Å². The Labute approximate surface area is 143 Å². The fourth-order valence-corrected chi connectivity index (χ4v) is 3.59. The number of benzene rings is 1. The molecule has 4 atom stereocenters. The lowest BCUT2D eigenvalue weighted by atomic mass is 10.0. The summed E-state index contributed by atoms with van der Waals surface area (Å²) >= 11 is 0. The van der Waals surface area contributed by atoms with Gasteiger partial charge >= 0.3 is 0 Å². The summed E-state index contributed by atoms with van der Waals surface area (Å²) in [5, 5.41) is 3.43. The molecule has 0 saturated carbocycles. The van der Waals surface area contributed by atoms with Crippen molar-refractivity contribution in [2.45, 2.75) is 45.6 Å². The number of anilines is 1. The summed E-state index contributed by atoms with van der Waals surface area (Å²) in [5.74, 6) is 0.415. The van der Waals surface area contributed by atoms with E-state index in [4.69, 9.17) is 4.74 Å². The summed E-state index contributed by atoms with van der Waals surface area (Å²) in [6.45, 7) is 10.3. The molecule has 6 heteroatoms. The van der Waals surface area contributed by atoms with Crippen molar-refractivity contribution in [3.05, 3.63) is 29.6 Å². The van der Waals surface area contributed by atoms with Crippen molar-refractivity contribution in [1.82, 2.24) is 16.2 Å². The van der Waals surface area contributed by atoms with Crippen molar-refractivity contribution in [3.8, 4) is 0 Å². The molecule has 24 heavy (non-hydrogen) atoms. The summed E-state index contributed by atoms with van der Waals surface area (Å²) in [6.07, 6.45) is 0.259. The van der Waals surface area contributed by atoms with Gasteiger partial charge in [0.1, 0.15) is 5.82 Å². The molecule has 0 bridgehead atoms. The Morgan fingerprint density at radius 1 is 1.25 bits per heavy atom. The van der Waals surface area contributed by atoms with Crippen LogP contribution in [0, 0.1) is 11.7 Å². The lowest BCUT2D eigenvalue weighted by molar-refractivity contribution is -0.00539. The van der Waals surface area contributed by atoms with Gasteiger partial charge in [-0.25, -0.2) is 4.39 Å². The molecule has 0 amide bonds. The minimum atomic E-state index is -0.145. The van der Waals surface area contributed by atoms with Crippen molar-refractivity contribution in [2.75, 3.05) is 31.1 Å². The number of morpholine rings is 1. The first kappa shape index (κ1) is 17.6. The molecule has 1 aromatic rings. The summed E-state index contributed by atoms with van der Waals surface area (Å²) in [4.78, 5) is 2.09. The van der Waals surface area contributed by atoms with Gasteiger partial charge in [-0.1, -0.05) is 6.07 Å². The lowest BCUT2D eigenvalue weighted by Gasteiger charge is -2.37. The standard InChI is InChI=1S/C18H29FN4O/c1-12-10-23(11-13(2)24-12)18-5-4-15(6-17(18)19)7-20-8-16-9-21-22-14(16)3/h4-6,12-14,16,20-22H,7-11H2,1-3H3. The van der Waals surface area contributed by atoms with Crippen LogP contribution in [0.1, 0.15) is 26.3 Å². The van der Waals surface area contributed by atoms with E-state index in [0.717, 1.165) is 31.7 Å². The van der Waals surface area contributed by atoms with Crippen LogP contribution in [0.3, 0.4) is 0 Å². The Morgan fingerprint density at radius 3 is 2.62 bits per heavy atom. The summed E-state index contributed by atoms with van der Waals surface area (Å²) in [7, 11) is 0. The van der Waals surface area contributed by atoms with Gasteiger partial charge in [0.2, 0.25) is 0 Å². The first-order valence-corrected chi connectivity index (χ1v) is 8.91. The molecule has 0 spiro atoms. The highest BCUT2D eigenvalue weighted by atomic mass is 19.1. The molecule has 2 aliphatic rings. The summed E-state index contributed by atoms with van der Waals surface area (Å²) in [6, 6.07) is 6.03. The van der Waals surface area contributed by atoms with E-state index < -0.39 is 0 Å². The Bertz CT molecular complexity index is 546. The fourth-order valence-electron chi connectivity index (χ4n) is 3.59. The number of halogens is 1. The second-order valence-electron chi connectivity index (χ2n) is 7.15. The van der Waals surface area contributed by atoms with E-state index in [1.54, 1.807) is 6.07 Å². The third kappa shape index (κ3) is 4.25. The highest BCUT2D eigenvalue weighted by molar-refractivity contribution is 5.49. The zero-order chi connectivity index (χ0) is 17.1. The molecular weight excluding hydrogens is 307 g/mol. The average molecular weight is 336 g/mol. The van der Waals surface area contributed by atoms with E-state index >= 15 is 0 Å². The highest BCUT2D eigenvalue weighted by Crippen LogP contribution is 2.24. The fraction of sp³-hybridized carbons (Fsp3) is 0.667. The van der Waals surface area contributed by atoms with Crippen molar-refractivity contribution in [2.24, 2.45) is 5.92 Å². The van der Waals surface area contributed by atoms with Gasteiger partial charge in [-0.15, -0.1) is 0 Å². The summed E-state index contributed by atoms with van der Waals surface area (Å²) in [5.41, 5.74) is 8.04. The third-order valence-electron chi connectivity index (χ3n) is 4.91. The zero-order valence-corrected chi connectivity index (χ0v) is 14.8. The van der Waals surface area contributed by atoms with Crippen LogP contribution in [-0.4, -0.2) is 44.4 Å². The number of ether oxygens (including phenoxy) is 1. The van der Waals surface area contributed by atoms with Gasteiger partial charge in [0.15, 0.2) is 0 Å². The Morgan fingerprint density at radius 2 is 2.00 bits per heavy atom. The molecule has 0 aliphatic carbocycles. The molecule has 0 aromatic heterocycles. The van der Waals surface area contributed by atoms with E-state index in [0.29, 0.717) is 24.2 Å². The van der Waals surface area contributed by atoms with E-state index in [1.807, 2.05) is 26.0 Å². The molecule has 3 rings (SSSR count). The molecule has 2 aliphatic heterocycles. The highest BCUT2D eigenvalue weighted by Gasteiger charge is 2.24. The molecule has 2 saturated heterocycles. The molecule has 134 valence electrons. The van der Waals surface area contributed by atoms with Gasteiger partial charge in [-0.3, -0.25) is 10.9 Å². The molecule has 0 radical (unpaired) electrons. The van der Waals surface area contributed by atoms with Crippen LogP contribution in [-0.2, 0) is 11.3 Å². The van der Waals surface area contributed by atoms with Gasteiger partial charge in [-0.2, -0.15) is 0 Å². The van der Waals surface area contributed by atoms with Crippen molar-refractivity contribution in [1.29, 1.82) is 0 Å². The van der Waals surface area contributed by atoms with Crippen molar-refractivity contribution in [3.63, 3.8) is 0 Å². The molecular formula is C18H29FN4O. The van der Waals surface area contributed by atoms with E-state index in [2.05, 4.69) is 28.0 Å². The van der Waals surface area contributed by atoms with E-state index in [9.17, 15) is 4.39 Å². The SMILES string of the molecule is CC1CN(c2ccc(CNCC3CNNC3C)cc2F)CC(C)O1. The van der Waals surface area contributed by atoms with E-state index in [-0.39, 0.29) is 18.0 Å². The van der Waals surface area contributed by atoms with Gasteiger partial charge < -0.3 is 15.0 Å². The molecule has 1 aromatic carbocycles. The maximum atomic E-state index is 14.5. The second-order valence-corrected chi connectivity index (χ2v) is 7.15. The molecule has 2 heterocycles. The second kappa shape index (κ2) is 7.78. The minimum absolute atomic E-state index is 0.130. The van der Waals surface area contributed by atoms with Crippen LogP contribution < -0.4 is 21.1 Å². The molecule has 4 unspecified atom stereocenters. The normalized spacial score (nSPS) is 30.8. The van der Waals surface area contributed by atoms with Crippen LogP contribution >= 0.6 is 0 Å². The Hall–Kier alpha value is -1.21. The number of nitrogens with one attached hydrogen (secondary N) is 3. The number of nitrogens with zero attached hydrogens (tertiary/aromatic N) is 1. The first-order chi connectivity index (χ1) is 11.5. The average Bonchev–Trinajstić information content (AvgIpc) is 2.92. The molecule has 2 fully saturated rings. The van der Waals surface area contributed by atoms with Crippen LogP contribution in [0.4, 0.5) is 10.1 Å². The predicted octanol–water partition coefficient (Wildman–Crippen LogP) is 1.64. The van der Waals surface area contributed by atoms with Crippen molar-refractivity contribution >= 4 is 5.69 Å². The smallest absolute Gasteiger partial charge is 0.146 e. The van der Waals surface area contributed by atoms with Gasteiger partial charge in [0, 0.05) is 44.7 Å². The topological polar surface area (TPSA) is 48.6 Å². The maximum absolute atomic E-state index is 14.5. The maximum Gasteiger partial charge on any atom is 0.146 e. The third-order valence-corrected chi connectivity index (χ3v) is 4.91. The predicted molar refractivity (Wildman–Crippen MR) is 94.4 cm³/mol. The van der Waals surface area contributed by atoms with Gasteiger partial charge in [-0.05, 0) is 38.5 Å². The lowest BCUT2D eigenvalue weighted by Crippen LogP contribution is -2.45. The largest absolute Gasteiger partial charge is 0.372 e. The van der Waals surface area contributed by atoms with Crippen molar-refractivity contribution < 1.29 is 9.13 Å². The van der Waals surface area contributed by atoms with Crippen LogP contribution in [0.25, 0.3) is 0 Å². The number of hydrogen-bond donors (Lipinski definition) is 3. The molecule has 5 nitrogen and oxygen atoms in total. The van der Waals surface area contributed by atoms with Crippen LogP contribution in [0.2, 0.25) is 0 Å². The number of rotatable bonds is 5. The molecule has 3 N–H and O–H groups in total.